The third-order valence-corrected chi connectivity index (χ3v) is 2.22. The standard InChI is InChI=1S/C10H13N5O2/c1-5(2)9(17)12-7-4-8(16)13-10-11-6(3)14-15(7)10/h4-5H,1-3H3,(H,12,17)(H,11,13,14,16). The molecule has 0 aliphatic heterocycles. The number of rotatable bonds is 2. The van der Waals surface area contributed by atoms with Gasteiger partial charge in [-0.25, -0.2) is 0 Å². The van der Waals surface area contributed by atoms with Crippen molar-refractivity contribution in [2.75, 3.05) is 5.32 Å². The van der Waals surface area contributed by atoms with Gasteiger partial charge in [-0.3, -0.25) is 14.6 Å². The molecule has 2 rings (SSSR count). The van der Waals surface area contributed by atoms with Crippen LogP contribution in [0.1, 0.15) is 19.7 Å². The second-order valence-corrected chi connectivity index (χ2v) is 4.06. The lowest BCUT2D eigenvalue weighted by Gasteiger charge is -2.07. The number of nitrogens with one attached hydrogen (secondary N) is 2. The summed E-state index contributed by atoms with van der Waals surface area (Å²) < 4.78 is 1.40. The fourth-order valence-corrected chi connectivity index (χ4v) is 1.36. The Hall–Kier alpha value is -2.18. The molecule has 2 heterocycles. The third-order valence-electron chi connectivity index (χ3n) is 2.22. The summed E-state index contributed by atoms with van der Waals surface area (Å²) in [4.78, 5) is 29.5. The highest BCUT2D eigenvalue weighted by Crippen LogP contribution is 2.07. The number of H-pyrrole nitrogens is 1. The maximum Gasteiger partial charge on any atom is 0.254 e. The first-order valence-corrected chi connectivity index (χ1v) is 5.25. The van der Waals surface area contributed by atoms with E-state index in [0.29, 0.717) is 17.4 Å². The Morgan fingerprint density at radius 1 is 1.53 bits per heavy atom. The van der Waals surface area contributed by atoms with E-state index in [4.69, 9.17) is 0 Å². The largest absolute Gasteiger partial charge is 0.310 e. The van der Waals surface area contributed by atoms with E-state index in [9.17, 15) is 9.59 Å². The normalized spacial score (nSPS) is 11.1. The number of aromatic amines is 1. The second-order valence-electron chi connectivity index (χ2n) is 4.06. The van der Waals surface area contributed by atoms with Crippen LogP contribution in [0.25, 0.3) is 5.78 Å². The van der Waals surface area contributed by atoms with Crippen molar-refractivity contribution in [3.8, 4) is 0 Å². The van der Waals surface area contributed by atoms with Crippen LogP contribution in [0.2, 0.25) is 0 Å². The molecule has 2 aromatic rings. The first-order valence-electron chi connectivity index (χ1n) is 5.25. The van der Waals surface area contributed by atoms with Crippen LogP contribution in [0.15, 0.2) is 10.9 Å². The Bertz CT molecular complexity index is 625. The molecule has 0 aliphatic carbocycles. The highest BCUT2D eigenvalue weighted by atomic mass is 16.2. The number of fused-ring (bicyclic) bond motifs is 1. The van der Waals surface area contributed by atoms with Crippen LogP contribution in [0.4, 0.5) is 5.82 Å². The molecule has 0 fully saturated rings. The van der Waals surface area contributed by atoms with Crippen molar-refractivity contribution >= 4 is 17.5 Å². The first-order chi connectivity index (χ1) is 7.97. The summed E-state index contributed by atoms with van der Waals surface area (Å²) in [6, 6.07) is 1.28. The average Bonchev–Trinajstić information content (AvgIpc) is 2.58. The Morgan fingerprint density at radius 2 is 2.24 bits per heavy atom. The number of hydrogen-bond acceptors (Lipinski definition) is 4. The van der Waals surface area contributed by atoms with Gasteiger partial charge in [0.15, 0.2) is 0 Å². The van der Waals surface area contributed by atoms with Crippen molar-refractivity contribution in [1.29, 1.82) is 0 Å². The van der Waals surface area contributed by atoms with Gasteiger partial charge in [-0.1, -0.05) is 13.8 Å². The highest BCUT2D eigenvalue weighted by molar-refractivity contribution is 5.91. The SMILES string of the molecule is Cc1nc2[nH]c(=O)cc(NC(=O)C(C)C)n2n1. The van der Waals surface area contributed by atoms with E-state index in [1.54, 1.807) is 20.8 Å². The molecule has 0 spiro atoms. The maximum absolute atomic E-state index is 11.6. The summed E-state index contributed by atoms with van der Waals surface area (Å²) in [6.07, 6.45) is 0. The number of carbonyl (C=O) groups excluding carboxylic acids is 1. The van der Waals surface area contributed by atoms with Gasteiger partial charge in [-0.15, -0.1) is 5.10 Å². The number of carbonyl (C=O) groups is 1. The lowest BCUT2D eigenvalue weighted by molar-refractivity contribution is -0.118. The Kier molecular flexibility index (Phi) is 2.66. The summed E-state index contributed by atoms with van der Waals surface area (Å²) in [6.45, 7) is 5.25. The topological polar surface area (TPSA) is 92.1 Å². The van der Waals surface area contributed by atoms with Crippen LogP contribution < -0.4 is 10.9 Å². The monoisotopic (exact) mass is 235 g/mol. The molecule has 0 aromatic carbocycles. The molecule has 7 heteroatoms. The minimum absolute atomic E-state index is 0.172. The molecule has 7 nitrogen and oxygen atoms in total. The fourth-order valence-electron chi connectivity index (χ4n) is 1.36. The van der Waals surface area contributed by atoms with Crippen molar-refractivity contribution < 1.29 is 4.79 Å². The zero-order chi connectivity index (χ0) is 12.6. The molecular formula is C10H13N5O2. The minimum atomic E-state index is -0.330. The predicted octanol–water partition coefficient (Wildman–Crippen LogP) is 0.321. The fraction of sp³-hybridized carbons (Fsp3) is 0.400. The van der Waals surface area contributed by atoms with Crippen LogP contribution in [0.5, 0.6) is 0 Å². The molecule has 0 atom stereocenters. The molecule has 1 amide bonds. The van der Waals surface area contributed by atoms with E-state index in [1.807, 2.05) is 0 Å². The Morgan fingerprint density at radius 3 is 2.88 bits per heavy atom. The van der Waals surface area contributed by atoms with Crippen LogP contribution in [-0.4, -0.2) is 25.5 Å². The number of nitrogens with zero attached hydrogens (tertiary/aromatic N) is 3. The number of aryl methyl sites for hydroxylation is 1. The van der Waals surface area contributed by atoms with Gasteiger partial charge < -0.3 is 5.32 Å². The molecule has 0 saturated carbocycles. The van der Waals surface area contributed by atoms with Gasteiger partial charge in [-0.05, 0) is 6.92 Å². The lowest BCUT2D eigenvalue weighted by Crippen LogP contribution is -2.22. The van der Waals surface area contributed by atoms with Crippen molar-refractivity contribution in [3.05, 3.63) is 22.2 Å². The second kappa shape index (κ2) is 4.00. The molecule has 0 radical (unpaired) electrons. The molecule has 0 bridgehead atoms. The number of anilines is 1. The van der Waals surface area contributed by atoms with Crippen molar-refractivity contribution in [3.63, 3.8) is 0 Å². The molecule has 0 saturated heterocycles. The highest BCUT2D eigenvalue weighted by Gasteiger charge is 2.12. The Labute approximate surface area is 96.9 Å². The minimum Gasteiger partial charge on any atom is -0.310 e. The van der Waals surface area contributed by atoms with Crippen molar-refractivity contribution in [2.24, 2.45) is 5.92 Å². The van der Waals surface area contributed by atoms with Gasteiger partial charge in [-0.2, -0.15) is 9.50 Å². The first kappa shape index (κ1) is 11.3. The van der Waals surface area contributed by atoms with E-state index < -0.39 is 0 Å². The van der Waals surface area contributed by atoms with E-state index in [-0.39, 0.29) is 17.4 Å². The lowest BCUT2D eigenvalue weighted by atomic mass is 10.2. The molecule has 17 heavy (non-hydrogen) atoms. The summed E-state index contributed by atoms with van der Waals surface area (Å²) in [5, 5.41) is 6.73. The van der Waals surface area contributed by atoms with E-state index >= 15 is 0 Å². The van der Waals surface area contributed by atoms with Gasteiger partial charge in [0.25, 0.3) is 5.56 Å². The van der Waals surface area contributed by atoms with Gasteiger partial charge in [0.05, 0.1) is 0 Å². The van der Waals surface area contributed by atoms with Crippen molar-refractivity contribution in [2.45, 2.75) is 20.8 Å². The smallest absolute Gasteiger partial charge is 0.254 e. The summed E-state index contributed by atoms with van der Waals surface area (Å²) in [5.41, 5.74) is -0.330. The molecule has 0 aliphatic rings. The van der Waals surface area contributed by atoms with Crippen LogP contribution in [0, 0.1) is 12.8 Å². The van der Waals surface area contributed by atoms with E-state index in [2.05, 4.69) is 20.4 Å². The summed E-state index contributed by atoms with van der Waals surface area (Å²) >= 11 is 0. The number of hydrogen-bond donors (Lipinski definition) is 2. The quantitative estimate of drug-likeness (QED) is 0.784. The van der Waals surface area contributed by atoms with Crippen LogP contribution in [0.3, 0.4) is 0 Å². The zero-order valence-corrected chi connectivity index (χ0v) is 9.81. The maximum atomic E-state index is 11.6. The molecule has 90 valence electrons. The molecule has 0 unspecified atom stereocenters. The Balaban J connectivity index is 2.52. The molecule has 2 aromatic heterocycles. The predicted molar refractivity (Wildman–Crippen MR) is 61.8 cm³/mol. The van der Waals surface area contributed by atoms with Crippen LogP contribution in [-0.2, 0) is 4.79 Å². The van der Waals surface area contributed by atoms with Gasteiger partial charge in [0.2, 0.25) is 11.7 Å². The van der Waals surface area contributed by atoms with Crippen molar-refractivity contribution in [1.82, 2.24) is 19.6 Å². The molecule has 2 N–H and O–H groups in total. The third kappa shape index (κ3) is 2.17. The van der Waals surface area contributed by atoms with Gasteiger partial charge in [0, 0.05) is 12.0 Å². The number of aromatic nitrogens is 4. The summed E-state index contributed by atoms with van der Waals surface area (Å²) in [5.74, 6) is 0.808. The van der Waals surface area contributed by atoms with Crippen LogP contribution >= 0.6 is 0 Å². The zero-order valence-electron chi connectivity index (χ0n) is 9.81. The average molecular weight is 235 g/mol. The van der Waals surface area contributed by atoms with Gasteiger partial charge in [0.1, 0.15) is 11.6 Å². The number of amides is 1. The van der Waals surface area contributed by atoms with E-state index in [1.165, 1.54) is 10.6 Å². The van der Waals surface area contributed by atoms with Gasteiger partial charge >= 0.3 is 0 Å². The van der Waals surface area contributed by atoms with E-state index in [0.717, 1.165) is 0 Å². The molecular weight excluding hydrogens is 222 g/mol. The summed E-state index contributed by atoms with van der Waals surface area (Å²) in [7, 11) is 0.